The highest BCUT2D eigenvalue weighted by Gasteiger charge is 2.19. The molecule has 1 aliphatic heterocycles. The summed E-state index contributed by atoms with van der Waals surface area (Å²) < 4.78 is 19.8. The molecule has 6 nitrogen and oxygen atoms in total. The number of aryl methyl sites for hydroxylation is 1. The van der Waals surface area contributed by atoms with Crippen molar-refractivity contribution in [3.8, 4) is 5.75 Å². The number of hydrogen-bond donors (Lipinski definition) is 0. The summed E-state index contributed by atoms with van der Waals surface area (Å²) in [6, 6.07) is 15.4. The van der Waals surface area contributed by atoms with Gasteiger partial charge >= 0.3 is 0 Å². The molecule has 1 aliphatic rings. The van der Waals surface area contributed by atoms with Crippen LogP contribution in [0.2, 0.25) is 0 Å². The molecule has 2 aromatic carbocycles. The Morgan fingerprint density at radius 2 is 1.66 bits per heavy atom. The predicted molar refractivity (Wildman–Crippen MR) is 126 cm³/mol. The van der Waals surface area contributed by atoms with Gasteiger partial charge in [-0.3, -0.25) is 14.3 Å². The third kappa shape index (κ3) is 5.46. The monoisotopic (exact) mass is 438 g/mol. The predicted octanol–water partition coefficient (Wildman–Crippen LogP) is 3.74. The van der Waals surface area contributed by atoms with E-state index in [2.05, 4.69) is 14.8 Å². The van der Waals surface area contributed by atoms with Gasteiger partial charge in [0.05, 0.1) is 22.9 Å². The van der Waals surface area contributed by atoms with Crippen molar-refractivity contribution in [2.75, 3.05) is 50.9 Å². The SMILES string of the molecule is O=c1c2ccccc2ncn1CCCCCN1CCN(c2ccccc2OCCF)CC1. The Labute approximate surface area is 188 Å². The number of hydrogen-bond acceptors (Lipinski definition) is 5. The molecular formula is C25H31FN4O2. The fraction of sp³-hybridized carbons (Fsp3) is 0.440. The van der Waals surface area contributed by atoms with Gasteiger partial charge in [0.15, 0.2) is 0 Å². The Bertz CT molecular complexity index is 1060. The molecule has 4 rings (SSSR count). The first-order valence-corrected chi connectivity index (χ1v) is 11.5. The number of unbranched alkanes of at least 4 members (excludes halogenated alkanes) is 2. The van der Waals surface area contributed by atoms with E-state index < -0.39 is 6.67 Å². The van der Waals surface area contributed by atoms with E-state index in [1.54, 1.807) is 10.9 Å². The van der Waals surface area contributed by atoms with Crippen LogP contribution in [0.25, 0.3) is 10.9 Å². The highest BCUT2D eigenvalue weighted by molar-refractivity contribution is 5.76. The van der Waals surface area contributed by atoms with Gasteiger partial charge in [-0.2, -0.15) is 0 Å². The highest BCUT2D eigenvalue weighted by Crippen LogP contribution is 2.28. The first kappa shape index (κ1) is 22.3. The molecule has 0 unspecified atom stereocenters. The van der Waals surface area contributed by atoms with Gasteiger partial charge in [0.25, 0.3) is 5.56 Å². The number of fused-ring (bicyclic) bond motifs is 1. The molecule has 3 aromatic rings. The smallest absolute Gasteiger partial charge is 0.261 e. The van der Waals surface area contributed by atoms with Crippen LogP contribution in [0.5, 0.6) is 5.75 Å². The molecule has 0 saturated carbocycles. The Balaban J connectivity index is 1.19. The van der Waals surface area contributed by atoms with Crippen LogP contribution >= 0.6 is 0 Å². The second kappa shape index (κ2) is 11.1. The van der Waals surface area contributed by atoms with Crippen LogP contribution in [-0.4, -0.2) is 60.5 Å². The fourth-order valence-electron chi connectivity index (χ4n) is 4.26. The maximum Gasteiger partial charge on any atom is 0.261 e. The zero-order chi connectivity index (χ0) is 22.2. The molecule has 0 atom stereocenters. The molecule has 0 aliphatic carbocycles. The molecule has 32 heavy (non-hydrogen) atoms. The standard InChI is InChI=1S/C25H31FN4O2/c26-12-19-32-24-11-5-4-10-23(24)29-17-15-28(16-18-29)13-6-1-7-14-30-20-27-22-9-3-2-8-21(22)25(30)31/h2-5,8-11,20H,1,6-7,12-19H2. The second-order valence-corrected chi connectivity index (χ2v) is 8.15. The topological polar surface area (TPSA) is 50.6 Å². The van der Waals surface area contributed by atoms with Crippen molar-refractivity contribution >= 4 is 16.6 Å². The summed E-state index contributed by atoms with van der Waals surface area (Å²) in [4.78, 5) is 21.8. The van der Waals surface area contributed by atoms with Crippen molar-refractivity contribution in [3.05, 3.63) is 65.2 Å². The molecule has 0 amide bonds. The minimum Gasteiger partial charge on any atom is -0.489 e. The normalized spacial score (nSPS) is 14.7. The van der Waals surface area contributed by atoms with Crippen LogP contribution in [0.15, 0.2) is 59.7 Å². The van der Waals surface area contributed by atoms with Crippen LogP contribution in [0.3, 0.4) is 0 Å². The van der Waals surface area contributed by atoms with Crippen LogP contribution < -0.4 is 15.2 Å². The summed E-state index contributed by atoms with van der Waals surface area (Å²) in [5, 5.41) is 0.685. The van der Waals surface area contributed by atoms with Crippen molar-refractivity contribution in [2.24, 2.45) is 0 Å². The van der Waals surface area contributed by atoms with E-state index in [4.69, 9.17) is 4.74 Å². The average molecular weight is 439 g/mol. The van der Waals surface area contributed by atoms with Gasteiger partial charge in [-0.1, -0.05) is 30.7 Å². The van der Waals surface area contributed by atoms with Crippen molar-refractivity contribution in [1.29, 1.82) is 0 Å². The van der Waals surface area contributed by atoms with Gasteiger partial charge in [-0.25, -0.2) is 9.37 Å². The van der Waals surface area contributed by atoms with E-state index in [-0.39, 0.29) is 12.2 Å². The molecular weight excluding hydrogens is 407 g/mol. The summed E-state index contributed by atoms with van der Waals surface area (Å²) in [7, 11) is 0. The third-order valence-corrected chi connectivity index (χ3v) is 6.02. The number of rotatable bonds is 10. The van der Waals surface area contributed by atoms with Gasteiger partial charge < -0.3 is 9.64 Å². The van der Waals surface area contributed by atoms with Crippen molar-refractivity contribution in [3.63, 3.8) is 0 Å². The number of alkyl halides is 1. The van der Waals surface area contributed by atoms with E-state index in [9.17, 15) is 9.18 Å². The summed E-state index contributed by atoms with van der Waals surface area (Å²) in [5.41, 5.74) is 1.85. The number of anilines is 1. The number of para-hydroxylation sites is 3. The zero-order valence-electron chi connectivity index (χ0n) is 18.5. The lowest BCUT2D eigenvalue weighted by Crippen LogP contribution is -2.46. The summed E-state index contributed by atoms with van der Waals surface area (Å²) >= 11 is 0. The third-order valence-electron chi connectivity index (χ3n) is 6.02. The summed E-state index contributed by atoms with van der Waals surface area (Å²) in [6.07, 6.45) is 4.84. The number of nitrogens with zero attached hydrogens (tertiary/aromatic N) is 4. The van der Waals surface area contributed by atoms with Crippen LogP contribution in [0, 0.1) is 0 Å². The molecule has 0 radical (unpaired) electrons. The van der Waals surface area contributed by atoms with E-state index in [0.717, 1.165) is 68.9 Å². The Kier molecular flexibility index (Phi) is 7.72. The number of halogens is 1. The van der Waals surface area contributed by atoms with E-state index in [0.29, 0.717) is 11.9 Å². The molecule has 7 heteroatoms. The molecule has 1 fully saturated rings. The lowest BCUT2D eigenvalue weighted by Gasteiger charge is -2.36. The van der Waals surface area contributed by atoms with E-state index >= 15 is 0 Å². The lowest BCUT2D eigenvalue weighted by molar-refractivity contribution is 0.248. The molecule has 1 saturated heterocycles. The summed E-state index contributed by atoms with van der Waals surface area (Å²) in [6.45, 7) is 5.28. The number of aromatic nitrogens is 2. The number of benzene rings is 2. The average Bonchev–Trinajstić information content (AvgIpc) is 2.84. The quantitative estimate of drug-likeness (QED) is 0.452. The molecule has 0 bridgehead atoms. The first-order valence-electron chi connectivity index (χ1n) is 11.5. The van der Waals surface area contributed by atoms with Crippen LogP contribution in [0.4, 0.5) is 10.1 Å². The molecule has 0 N–H and O–H groups in total. The van der Waals surface area contributed by atoms with Gasteiger partial charge in [0, 0.05) is 32.7 Å². The molecule has 170 valence electrons. The summed E-state index contributed by atoms with van der Waals surface area (Å²) in [5.74, 6) is 0.761. The largest absolute Gasteiger partial charge is 0.489 e. The Hall–Kier alpha value is -2.93. The fourth-order valence-corrected chi connectivity index (χ4v) is 4.26. The maximum atomic E-state index is 12.6. The first-order chi connectivity index (χ1) is 15.8. The molecule has 2 heterocycles. The van der Waals surface area contributed by atoms with Crippen LogP contribution in [0.1, 0.15) is 19.3 Å². The highest BCUT2D eigenvalue weighted by atomic mass is 19.1. The van der Waals surface area contributed by atoms with E-state index in [1.807, 2.05) is 48.5 Å². The van der Waals surface area contributed by atoms with Gasteiger partial charge in [-0.05, 0) is 43.7 Å². The van der Waals surface area contributed by atoms with Gasteiger partial charge in [0.2, 0.25) is 0 Å². The number of piperazine rings is 1. The van der Waals surface area contributed by atoms with Gasteiger partial charge in [0.1, 0.15) is 19.0 Å². The van der Waals surface area contributed by atoms with Crippen molar-refractivity contribution < 1.29 is 9.13 Å². The second-order valence-electron chi connectivity index (χ2n) is 8.15. The maximum absolute atomic E-state index is 12.6. The van der Waals surface area contributed by atoms with E-state index in [1.165, 1.54) is 0 Å². The zero-order valence-corrected chi connectivity index (χ0v) is 18.5. The molecule has 1 aromatic heterocycles. The minimum atomic E-state index is -0.478. The van der Waals surface area contributed by atoms with Gasteiger partial charge in [-0.15, -0.1) is 0 Å². The lowest BCUT2D eigenvalue weighted by atomic mass is 10.2. The Morgan fingerprint density at radius 1 is 0.906 bits per heavy atom. The Morgan fingerprint density at radius 3 is 2.50 bits per heavy atom. The number of ether oxygens (including phenoxy) is 1. The molecule has 0 spiro atoms. The van der Waals surface area contributed by atoms with Crippen molar-refractivity contribution in [1.82, 2.24) is 14.5 Å². The van der Waals surface area contributed by atoms with Crippen LogP contribution in [-0.2, 0) is 6.54 Å². The minimum absolute atomic E-state index is 0.0440. The van der Waals surface area contributed by atoms with Crippen molar-refractivity contribution in [2.45, 2.75) is 25.8 Å².